The summed E-state index contributed by atoms with van der Waals surface area (Å²) in [4.78, 5) is 4.12. The number of rotatable bonds is 1. The second-order valence-corrected chi connectivity index (χ2v) is 4.24. The molecule has 2 aromatic rings. The monoisotopic (exact) mass is 252 g/mol. The highest BCUT2D eigenvalue weighted by Gasteiger charge is 2.37. The van der Waals surface area contributed by atoms with Crippen LogP contribution in [0.5, 0.6) is 0 Å². The van der Waals surface area contributed by atoms with Gasteiger partial charge in [-0.25, -0.2) is 9.50 Å². The van der Waals surface area contributed by atoms with Crippen molar-refractivity contribution < 1.29 is 13.2 Å². The molecule has 0 aromatic carbocycles. The van der Waals surface area contributed by atoms with Crippen LogP contribution in [0.25, 0.3) is 5.65 Å². The molecule has 7 heteroatoms. The van der Waals surface area contributed by atoms with E-state index in [2.05, 4.69) is 10.1 Å². The quantitative estimate of drug-likeness (QED) is 0.783. The number of fused-ring (bicyclic) bond motifs is 1. The summed E-state index contributed by atoms with van der Waals surface area (Å²) in [5.74, 6) is 0.0811. The van der Waals surface area contributed by atoms with Gasteiger partial charge in [0.1, 0.15) is 17.3 Å². The molecule has 0 radical (unpaired) electrons. The van der Waals surface area contributed by atoms with Gasteiger partial charge in [-0.2, -0.15) is 23.5 Å². The minimum atomic E-state index is -4.51. The first kappa shape index (κ1) is 11.0. The molecule has 0 atom stereocenters. The fourth-order valence-electron chi connectivity index (χ4n) is 1.85. The van der Waals surface area contributed by atoms with Crippen LogP contribution in [0.15, 0.2) is 12.3 Å². The van der Waals surface area contributed by atoms with Gasteiger partial charge < -0.3 is 0 Å². The molecule has 0 saturated heterocycles. The summed E-state index contributed by atoms with van der Waals surface area (Å²) in [5.41, 5.74) is -0.444. The average molecular weight is 252 g/mol. The molecule has 0 bridgehead atoms. The number of hydrogen-bond donors (Lipinski definition) is 0. The van der Waals surface area contributed by atoms with E-state index in [9.17, 15) is 13.2 Å². The Bertz CT molecular complexity index is 661. The summed E-state index contributed by atoms with van der Waals surface area (Å²) in [5, 5.41) is 12.4. The van der Waals surface area contributed by atoms with Gasteiger partial charge in [0.05, 0.1) is 6.20 Å². The predicted octanol–water partition coefficient (Wildman–Crippen LogP) is 2.50. The van der Waals surface area contributed by atoms with Crippen molar-refractivity contribution in [1.29, 1.82) is 5.26 Å². The highest BCUT2D eigenvalue weighted by molar-refractivity contribution is 5.55. The SMILES string of the molecule is N#Cc1cnn2c(C(F)(F)F)cc(C3CC3)nc12. The molecule has 2 aromatic heterocycles. The predicted molar refractivity (Wildman–Crippen MR) is 54.7 cm³/mol. The van der Waals surface area contributed by atoms with Crippen LogP contribution in [0.2, 0.25) is 0 Å². The second-order valence-electron chi connectivity index (χ2n) is 4.24. The van der Waals surface area contributed by atoms with Crippen LogP contribution >= 0.6 is 0 Å². The van der Waals surface area contributed by atoms with Crippen molar-refractivity contribution in [3.63, 3.8) is 0 Å². The zero-order valence-corrected chi connectivity index (χ0v) is 9.07. The Morgan fingerprint density at radius 2 is 2.11 bits per heavy atom. The first-order valence-electron chi connectivity index (χ1n) is 5.36. The Balaban J connectivity index is 2.32. The fourth-order valence-corrected chi connectivity index (χ4v) is 1.85. The maximum absolute atomic E-state index is 12.9. The summed E-state index contributed by atoms with van der Waals surface area (Å²) in [7, 11) is 0. The molecule has 1 aliphatic rings. The summed E-state index contributed by atoms with van der Waals surface area (Å²) < 4.78 is 39.5. The normalized spacial score (nSPS) is 15.9. The first-order valence-corrected chi connectivity index (χ1v) is 5.36. The van der Waals surface area contributed by atoms with E-state index in [-0.39, 0.29) is 17.1 Å². The molecule has 0 aliphatic heterocycles. The van der Waals surface area contributed by atoms with Gasteiger partial charge in [0, 0.05) is 11.6 Å². The Morgan fingerprint density at radius 1 is 1.39 bits per heavy atom. The van der Waals surface area contributed by atoms with Crippen LogP contribution in [-0.4, -0.2) is 14.6 Å². The van der Waals surface area contributed by atoms with Gasteiger partial charge in [-0.1, -0.05) is 0 Å². The summed E-state index contributed by atoms with van der Waals surface area (Å²) in [6.45, 7) is 0. The molecular weight excluding hydrogens is 245 g/mol. The van der Waals surface area contributed by atoms with Crippen molar-refractivity contribution in [3.05, 3.63) is 29.2 Å². The zero-order chi connectivity index (χ0) is 12.9. The van der Waals surface area contributed by atoms with Gasteiger partial charge in [0.15, 0.2) is 5.65 Å². The lowest BCUT2D eigenvalue weighted by molar-refractivity contribution is -0.142. The summed E-state index contributed by atoms with van der Waals surface area (Å²) >= 11 is 0. The molecule has 0 N–H and O–H groups in total. The van der Waals surface area contributed by atoms with Crippen LogP contribution < -0.4 is 0 Å². The fraction of sp³-hybridized carbons (Fsp3) is 0.364. The average Bonchev–Trinajstić information content (AvgIpc) is 3.07. The third-order valence-corrected chi connectivity index (χ3v) is 2.90. The Morgan fingerprint density at radius 3 is 2.67 bits per heavy atom. The molecule has 3 rings (SSSR count). The lowest BCUT2D eigenvalue weighted by atomic mass is 10.2. The van der Waals surface area contributed by atoms with Crippen molar-refractivity contribution in [2.45, 2.75) is 24.9 Å². The molecule has 1 fully saturated rings. The standard InChI is InChI=1S/C11H7F3N4/c12-11(13,14)9-3-8(6-1-2-6)17-10-7(4-15)5-16-18(9)10/h3,5-6H,1-2H2. The molecule has 2 heterocycles. The number of halogens is 3. The molecule has 18 heavy (non-hydrogen) atoms. The lowest BCUT2D eigenvalue weighted by Gasteiger charge is -2.10. The molecule has 4 nitrogen and oxygen atoms in total. The molecule has 0 spiro atoms. The number of nitrogens with zero attached hydrogens (tertiary/aromatic N) is 4. The Hall–Kier alpha value is -2.10. The lowest BCUT2D eigenvalue weighted by Crippen LogP contribution is -2.14. The maximum atomic E-state index is 12.9. The third kappa shape index (κ3) is 1.61. The van der Waals surface area contributed by atoms with Crippen molar-refractivity contribution in [2.75, 3.05) is 0 Å². The van der Waals surface area contributed by atoms with Gasteiger partial charge in [-0.15, -0.1) is 0 Å². The molecular formula is C11H7F3N4. The smallest absolute Gasteiger partial charge is 0.232 e. The minimum Gasteiger partial charge on any atom is -0.232 e. The van der Waals surface area contributed by atoms with Crippen molar-refractivity contribution in [3.8, 4) is 6.07 Å². The largest absolute Gasteiger partial charge is 0.433 e. The van der Waals surface area contributed by atoms with Gasteiger partial charge in [0.2, 0.25) is 0 Å². The van der Waals surface area contributed by atoms with Crippen molar-refractivity contribution >= 4 is 5.65 Å². The van der Waals surface area contributed by atoms with Crippen molar-refractivity contribution in [2.24, 2.45) is 0 Å². The number of alkyl halides is 3. The van der Waals surface area contributed by atoms with E-state index in [0.29, 0.717) is 10.2 Å². The molecule has 92 valence electrons. The minimum absolute atomic E-state index is 0.0192. The molecule has 0 amide bonds. The molecule has 1 saturated carbocycles. The maximum Gasteiger partial charge on any atom is 0.433 e. The van der Waals surface area contributed by atoms with Crippen LogP contribution in [0.1, 0.15) is 35.7 Å². The van der Waals surface area contributed by atoms with Gasteiger partial charge >= 0.3 is 6.18 Å². The van der Waals surface area contributed by atoms with Gasteiger partial charge in [-0.3, -0.25) is 0 Å². The topological polar surface area (TPSA) is 54.0 Å². The first-order chi connectivity index (χ1) is 8.50. The Labute approximate surface area is 99.7 Å². The number of nitriles is 1. The summed E-state index contributed by atoms with van der Waals surface area (Å²) in [6, 6.07) is 2.83. The van der Waals surface area contributed by atoms with Crippen molar-refractivity contribution in [1.82, 2.24) is 14.6 Å². The van der Waals surface area contributed by atoms with E-state index < -0.39 is 11.9 Å². The second kappa shape index (κ2) is 3.45. The molecule has 0 unspecified atom stereocenters. The Kier molecular flexibility index (Phi) is 2.11. The number of hydrogen-bond acceptors (Lipinski definition) is 3. The van der Waals surface area contributed by atoms with E-state index in [1.165, 1.54) is 0 Å². The highest BCUT2D eigenvalue weighted by Crippen LogP contribution is 2.41. The van der Waals surface area contributed by atoms with Crippen LogP contribution in [0.4, 0.5) is 13.2 Å². The summed E-state index contributed by atoms with van der Waals surface area (Å²) in [6.07, 6.45) is -1.72. The zero-order valence-electron chi connectivity index (χ0n) is 9.07. The van der Waals surface area contributed by atoms with E-state index >= 15 is 0 Å². The van der Waals surface area contributed by atoms with E-state index in [1.807, 2.05) is 0 Å². The van der Waals surface area contributed by atoms with E-state index in [0.717, 1.165) is 25.1 Å². The van der Waals surface area contributed by atoms with Gasteiger partial charge in [0.25, 0.3) is 0 Å². The highest BCUT2D eigenvalue weighted by atomic mass is 19.4. The number of aromatic nitrogens is 3. The third-order valence-electron chi connectivity index (χ3n) is 2.90. The van der Waals surface area contributed by atoms with Crippen LogP contribution in [0, 0.1) is 11.3 Å². The van der Waals surface area contributed by atoms with Crippen LogP contribution in [0.3, 0.4) is 0 Å². The van der Waals surface area contributed by atoms with Crippen LogP contribution in [-0.2, 0) is 6.18 Å². The van der Waals surface area contributed by atoms with E-state index in [4.69, 9.17) is 5.26 Å². The van der Waals surface area contributed by atoms with Gasteiger partial charge in [-0.05, 0) is 18.9 Å². The van der Waals surface area contributed by atoms with E-state index in [1.54, 1.807) is 6.07 Å². The molecule has 1 aliphatic carbocycles.